The molecule has 3 aliphatic rings. The standard InChI is InChI=1S/C14H24N2O3S.C2HF3O2/c1-11(17)16-8-9-20(18,19)14-5-7-15(6-4-13(14)16)10-12-2-3-12;3-2(4,5)1(6)7/h12-14H,2-10H2,1H3;(H,6,7)/t13-,14+;/m0./s1. The third kappa shape index (κ3) is 6.06. The van der Waals surface area contributed by atoms with Crippen molar-refractivity contribution in [3.8, 4) is 0 Å². The third-order valence-electron chi connectivity index (χ3n) is 5.24. The van der Waals surface area contributed by atoms with Crippen LogP contribution >= 0.6 is 0 Å². The second-order valence-electron chi connectivity index (χ2n) is 7.31. The topological polar surface area (TPSA) is 95.0 Å². The fraction of sp³-hybridized carbons (Fsp3) is 0.875. The van der Waals surface area contributed by atoms with E-state index in [4.69, 9.17) is 9.90 Å². The highest BCUT2D eigenvalue weighted by Crippen LogP contribution is 2.32. The molecule has 156 valence electrons. The fourth-order valence-electron chi connectivity index (χ4n) is 3.67. The quantitative estimate of drug-likeness (QED) is 0.728. The molecule has 2 saturated heterocycles. The number of carboxylic acid groups (broad SMARTS) is 1. The summed E-state index contributed by atoms with van der Waals surface area (Å²) in [6.07, 6.45) is -0.956. The van der Waals surface area contributed by atoms with Gasteiger partial charge in [0.15, 0.2) is 9.84 Å². The summed E-state index contributed by atoms with van der Waals surface area (Å²) in [5, 5.41) is 6.78. The molecule has 3 rings (SSSR count). The highest BCUT2D eigenvalue weighted by molar-refractivity contribution is 7.92. The lowest BCUT2D eigenvalue weighted by Gasteiger charge is -2.39. The molecular weight excluding hydrogens is 389 g/mol. The van der Waals surface area contributed by atoms with Crippen molar-refractivity contribution in [2.75, 3.05) is 31.9 Å². The van der Waals surface area contributed by atoms with E-state index < -0.39 is 22.0 Å². The van der Waals surface area contributed by atoms with Gasteiger partial charge in [-0.2, -0.15) is 13.2 Å². The molecular formula is C16H25F3N2O5S. The number of aliphatic carboxylic acids is 1. The van der Waals surface area contributed by atoms with Crippen LogP contribution in [0.1, 0.15) is 32.6 Å². The monoisotopic (exact) mass is 414 g/mol. The molecule has 0 aromatic carbocycles. The molecule has 0 aromatic rings. The minimum Gasteiger partial charge on any atom is -0.475 e. The van der Waals surface area contributed by atoms with E-state index in [0.717, 1.165) is 32.0 Å². The molecule has 2 atom stereocenters. The van der Waals surface area contributed by atoms with Gasteiger partial charge in [0.05, 0.1) is 11.0 Å². The van der Waals surface area contributed by atoms with Gasteiger partial charge in [-0.25, -0.2) is 13.2 Å². The zero-order valence-corrected chi connectivity index (χ0v) is 15.9. The number of carbonyl (C=O) groups is 2. The average molecular weight is 414 g/mol. The van der Waals surface area contributed by atoms with Crippen molar-refractivity contribution in [2.45, 2.75) is 50.1 Å². The van der Waals surface area contributed by atoms with E-state index >= 15 is 0 Å². The summed E-state index contributed by atoms with van der Waals surface area (Å²) in [5.41, 5.74) is 0. The van der Waals surface area contributed by atoms with Crippen LogP contribution in [0.3, 0.4) is 0 Å². The molecule has 1 saturated carbocycles. The number of hydrogen-bond donors (Lipinski definition) is 1. The molecule has 2 heterocycles. The lowest BCUT2D eigenvalue weighted by atomic mass is 10.1. The predicted octanol–water partition coefficient (Wildman–Crippen LogP) is 1.14. The summed E-state index contributed by atoms with van der Waals surface area (Å²) < 4.78 is 56.4. The minimum absolute atomic E-state index is 0.0190. The first kappa shape index (κ1) is 21.9. The Morgan fingerprint density at radius 2 is 1.63 bits per heavy atom. The van der Waals surface area contributed by atoms with Crippen molar-refractivity contribution in [3.05, 3.63) is 0 Å². The molecule has 11 heteroatoms. The van der Waals surface area contributed by atoms with Crippen molar-refractivity contribution in [2.24, 2.45) is 5.92 Å². The number of hydrogen-bond acceptors (Lipinski definition) is 5. The van der Waals surface area contributed by atoms with E-state index in [-0.39, 0.29) is 23.0 Å². The van der Waals surface area contributed by atoms with Crippen LogP contribution < -0.4 is 0 Å². The zero-order valence-electron chi connectivity index (χ0n) is 15.1. The first-order valence-electron chi connectivity index (χ1n) is 8.93. The van der Waals surface area contributed by atoms with Crippen molar-refractivity contribution < 1.29 is 36.3 Å². The highest BCUT2D eigenvalue weighted by Gasteiger charge is 2.44. The van der Waals surface area contributed by atoms with Crippen molar-refractivity contribution in [1.29, 1.82) is 0 Å². The first-order valence-corrected chi connectivity index (χ1v) is 10.6. The summed E-state index contributed by atoms with van der Waals surface area (Å²) in [4.78, 5) is 24.9. The molecule has 1 aliphatic carbocycles. The summed E-state index contributed by atoms with van der Waals surface area (Å²) in [6.45, 7) is 4.84. The van der Waals surface area contributed by atoms with Gasteiger partial charge in [0.2, 0.25) is 5.91 Å². The second kappa shape index (κ2) is 8.34. The Bertz CT molecular complexity index is 663. The number of rotatable bonds is 2. The van der Waals surface area contributed by atoms with Crippen LogP contribution in [-0.4, -0.2) is 84.6 Å². The summed E-state index contributed by atoms with van der Waals surface area (Å²) in [5.74, 6) is -1.77. The van der Waals surface area contributed by atoms with E-state index in [9.17, 15) is 26.4 Å². The lowest BCUT2D eigenvalue weighted by molar-refractivity contribution is -0.192. The van der Waals surface area contributed by atoms with E-state index in [1.807, 2.05) is 0 Å². The number of carboxylic acids is 1. The van der Waals surface area contributed by atoms with Gasteiger partial charge in [-0.3, -0.25) is 4.79 Å². The highest BCUT2D eigenvalue weighted by atomic mass is 32.2. The smallest absolute Gasteiger partial charge is 0.475 e. The van der Waals surface area contributed by atoms with Crippen molar-refractivity contribution >= 4 is 21.7 Å². The van der Waals surface area contributed by atoms with Crippen LogP contribution in [0.25, 0.3) is 0 Å². The molecule has 2 aliphatic heterocycles. The number of likely N-dealkylation sites (tertiary alicyclic amines) is 1. The Labute approximate surface area is 156 Å². The number of amides is 1. The largest absolute Gasteiger partial charge is 0.490 e. The number of fused-ring (bicyclic) bond motifs is 1. The molecule has 0 radical (unpaired) electrons. The zero-order chi connectivity index (χ0) is 20.4. The van der Waals surface area contributed by atoms with Gasteiger partial charge in [-0.05, 0) is 38.1 Å². The maximum absolute atomic E-state index is 12.3. The molecule has 0 aromatic heterocycles. The lowest BCUT2D eigenvalue weighted by Crippen LogP contribution is -2.56. The van der Waals surface area contributed by atoms with Gasteiger partial charge >= 0.3 is 12.1 Å². The van der Waals surface area contributed by atoms with Crippen molar-refractivity contribution in [3.63, 3.8) is 0 Å². The van der Waals surface area contributed by atoms with Crippen LogP contribution in [0.4, 0.5) is 13.2 Å². The molecule has 0 unspecified atom stereocenters. The van der Waals surface area contributed by atoms with E-state index in [0.29, 0.717) is 13.0 Å². The van der Waals surface area contributed by atoms with Crippen LogP contribution in [0, 0.1) is 5.92 Å². The maximum Gasteiger partial charge on any atom is 0.490 e. The molecule has 0 bridgehead atoms. The minimum atomic E-state index is -5.08. The van der Waals surface area contributed by atoms with E-state index in [2.05, 4.69) is 4.90 Å². The fourth-order valence-corrected chi connectivity index (χ4v) is 5.65. The van der Waals surface area contributed by atoms with Gasteiger partial charge in [0.1, 0.15) is 0 Å². The maximum atomic E-state index is 12.3. The number of carbonyl (C=O) groups excluding carboxylic acids is 1. The Balaban J connectivity index is 0.000000321. The van der Waals surface area contributed by atoms with Gasteiger partial charge < -0.3 is 14.9 Å². The molecule has 3 fully saturated rings. The van der Waals surface area contributed by atoms with Crippen LogP contribution in [0.2, 0.25) is 0 Å². The molecule has 0 spiro atoms. The van der Waals surface area contributed by atoms with Gasteiger partial charge in [-0.1, -0.05) is 0 Å². The number of sulfone groups is 1. The number of nitrogens with zero attached hydrogens (tertiary/aromatic N) is 2. The molecule has 7 nitrogen and oxygen atoms in total. The van der Waals surface area contributed by atoms with Crippen LogP contribution in [-0.2, 0) is 19.4 Å². The predicted molar refractivity (Wildman–Crippen MR) is 90.8 cm³/mol. The van der Waals surface area contributed by atoms with E-state index in [1.165, 1.54) is 12.8 Å². The van der Waals surface area contributed by atoms with E-state index in [1.54, 1.807) is 11.8 Å². The van der Waals surface area contributed by atoms with Crippen LogP contribution in [0.5, 0.6) is 0 Å². The Morgan fingerprint density at radius 3 is 2.11 bits per heavy atom. The van der Waals surface area contributed by atoms with Gasteiger partial charge in [0.25, 0.3) is 0 Å². The molecule has 27 heavy (non-hydrogen) atoms. The van der Waals surface area contributed by atoms with Gasteiger partial charge in [-0.15, -0.1) is 0 Å². The summed E-state index contributed by atoms with van der Waals surface area (Å²) in [7, 11) is -3.03. The summed E-state index contributed by atoms with van der Waals surface area (Å²) in [6, 6.07) is -0.101. The average Bonchev–Trinajstić information content (AvgIpc) is 3.35. The normalized spacial score (nSPS) is 28.4. The SMILES string of the molecule is CC(=O)N1CCS(=O)(=O)[C@@H]2CCN(CC3CC3)CC[C@@H]21.O=C(O)C(F)(F)F. The summed E-state index contributed by atoms with van der Waals surface area (Å²) >= 11 is 0. The third-order valence-corrected chi connectivity index (χ3v) is 7.46. The molecule has 1 amide bonds. The number of halogens is 3. The Morgan fingerprint density at radius 1 is 1.07 bits per heavy atom. The first-order chi connectivity index (χ1) is 12.4. The van der Waals surface area contributed by atoms with Crippen LogP contribution in [0.15, 0.2) is 0 Å². The van der Waals surface area contributed by atoms with Crippen molar-refractivity contribution in [1.82, 2.24) is 9.80 Å². The Hall–Kier alpha value is -1.36. The van der Waals surface area contributed by atoms with Gasteiger partial charge in [0, 0.05) is 32.6 Å². The number of alkyl halides is 3. The second-order valence-corrected chi connectivity index (χ2v) is 9.65. The molecule has 1 N–H and O–H groups in total. The Kier molecular flexibility index (Phi) is 6.77.